The number of aromatic nitrogens is 3. The molecule has 3 amide bonds. The molecule has 2 aromatic carbocycles. The SMILES string of the molecule is COCCOCCC(=O)NCCC(=O)N1Cc2ccccc2-c2nnn(CCOC(=O)NCCCCC(NC(C)(C)C)C(=O)C(C)(C)C)c2-c2ccccc21. The van der Waals surface area contributed by atoms with Crippen LogP contribution in [0.2, 0.25) is 0 Å². The Morgan fingerprint density at radius 2 is 1.56 bits per heavy atom. The van der Waals surface area contributed by atoms with E-state index in [1.54, 1.807) is 16.7 Å². The average molecular weight is 762 g/mol. The molecule has 14 nitrogen and oxygen atoms in total. The molecule has 14 heteroatoms. The summed E-state index contributed by atoms with van der Waals surface area (Å²) in [6.45, 7) is 14.3. The normalized spacial score (nSPS) is 13.1. The first-order valence-corrected chi connectivity index (χ1v) is 19.2. The maximum absolute atomic E-state index is 13.8. The van der Waals surface area contributed by atoms with Gasteiger partial charge in [0.2, 0.25) is 11.8 Å². The number of fused-ring (bicyclic) bond motifs is 5. The Morgan fingerprint density at radius 1 is 0.836 bits per heavy atom. The third kappa shape index (κ3) is 13.0. The van der Waals surface area contributed by atoms with E-state index in [1.807, 2.05) is 69.3 Å². The lowest BCUT2D eigenvalue weighted by atomic mass is 9.84. The van der Waals surface area contributed by atoms with Crippen molar-refractivity contribution in [3.05, 3.63) is 54.1 Å². The topological polar surface area (TPSA) is 166 Å². The molecule has 1 unspecified atom stereocenters. The minimum Gasteiger partial charge on any atom is -0.448 e. The van der Waals surface area contributed by atoms with E-state index >= 15 is 0 Å². The number of ketones is 1. The van der Waals surface area contributed by atoms with Gasteiger partial charge in [0.05, 0.1) is 50.3 Å². The second-order valence-corrected chi connectivity index (χ2v) is 15.7. The van der Waals surface area contributed by atoms with Crippen molar-refractivity contribution in [3.63, 3.8) is 0 Å². The number of nitrogens with zero attached hydrogens (tertiary/aromatic N) is 4. The van der Waals surface area contributed by atoms with Crippen molar-refractivity contribution >= 4 is 29.4 Å². The fourth-order valence-corrected chi connectivity index (χ4v) is 6.39. The van der Waals surface area contributed by atoms with E-state index < -0.39 is 11.5 Å². The van der Waals surface area contributed by atoms with Crippen molar-refractivity contribution in [1.82, 2.24) is 30.9 Å². The molecule has 0 spiro atoms. The van der Waals surface area contributed by atoms with E-state index in [-0.39, 0.29) is 68.3 Å². The third-order valence-electron chi connectivity index (χ3n) is 9.04. The number of para-hydroxylation sites is 1. The summed E-state index contributed by atoms with van der Waals surface area (Å²) in [7, 11) is 1.59. The predicted octanol–water partition coefficient (Wildman–Crippen LogP) is 5.29. The molecule has 0 fully saturated rings. The molecule has 55 heavy (non-hydrogen) atoms. The van der Waals surface area contributed by atoms with Crippen molar-refractivity contribution in [3.8, 4) is 22.5 Å². The Morgan fingerprint density at radius 3 is 2.29 bits per heavy atom. The molecular weight excluding hydrogens is 702 g/mol. The lowest BCUT2D eigenvalue weighted by molar-refractivity contribution is -0.129. The number of nitrogens with one attached hydrogen (secondary N) is 3. The zero-order chi connectivity index (χ0) is 40.0. The van der Waals surface area contributed by atoms with Crippen LogP contribution in [0.15, 0.2) is 48.5 Å². The minimum atomic E-state index is -0.536. The van der Waals surface area contributed by atoms with Gasteiger partial charge in [-0.15, -0.1) is 5.10 Å². The fraction of sp³-hybridized carbons (Fsp3) is 0.561. The van der Waals surface area contributed by atoms with Crippen molar-refractivity contribution in [2.75, 3.05) is 51.5 Å². The van der Waals surface area contributed by atoms with Gasteiger partial charge in [-0.2, -0.15) is 0 Å². The van der Waals surface area contributed by atoms with E-state index in [0.29, 0.717) is 56.2 Å². The lowest BCUT2D eigenvalue weighted by Gasteiger charge is -2.31. The van der Waals surface area contributed by atoms with Crippen LogP contribution in [0.4, 0.5) is 10.5 Å². The van der Waals surface area contributed by atoms with Crippen LogP contribution in [0, 0.1) is 5.41 Å². The third-order valence-corrected chi connectivity index (χ3v) is 9.04. The summed E-state index contributed by atoms with van der Waals surface area (Å²) in [5, 5.41) is 18.1. The van der Waals surface area contributed by atoms with Gasteiger partial charge < -0.3 is 35.1 Å². The molecule has 0 radical (unpaired) electrons. The number of carbonyl (C=O) groups is 4. The second kappa shape index (κ2) is 20.3. The first-order valence-electron chi connectivity index (χ1n) is 19.2. The van der Waals surface area contributed by atoms with Crippen molar-refractivity contribution in [2.45, 2.75) is 98.3 Å². The first-order chi connectivity index (χ1) is 26.2. The van der Waals surface area contributed by atoms with Crippen molar-refractivity contribution in [1.29, 1.82) is 0 Å². The number of amides is 3. The van der Waals surface area contributed by atoms with Crippen LogP contribution in [0.3, 0.4) is 0 Å². The van der Waals surface area contributed by atoms with Crippen LogP contribution >= 0.6 is 0 Å². The van der Waals surface area contributed by atoms with Crippen molar-refractivity contribution in [2.24, 2.45) is 5.41 Å². The predicted molar refractivity (Wildman–Crippen MR) is 211 cm³/mol. The van der Waals surface area contributed by atoms with Gasteiger partial charge in [0.15, 0.2) is 5.78 Å². The lowest BCUT2D eigenvalue weighted by Crippen LogP contribution is -2.50. The average Bonchev–Trinajstić information content (AvgIpc) is 3.54. The quantitative estimate of drug-likeness (QED) is 0.137. The molecule has 1 aliphatic rings. The number of unbranched alkanes of at least 4 members (excludes halogenated alkanes) is 1. The Kier molecular flexibility index (Phi) is 15.9. The molecule has 1 aromatic heterocycles. The number of methoxy groups -OCH3 is 1. The van der Waals surface area contributed by atoms with E-state index in [4.69, 9.17) is 14.2 Å². The molecule has 0 aliphatic carbocycles. The largest absolute Gasteiger partial charge is 0.448 e. The molecule has 1 aliphatic heterocycles. The van der Waals surface area contributed by atoms with Gasteiger partial charge in [-0.25, -0.2) is 9.48 Å². The number of alkyl carbamates (subject to hydrolysis) is 1. The number of ether oxygens (including phenoxy) is 3. The van der Waals surface area contributed by atoms with Gasteiger partial charge >= 0.3 is 6.09 Å². The van der Waals surface area contributed by atoms with E-state index in [2.05, 4.69) is 47.0 Å². The number of rotatable bonds is 19. The van der Waals surface area contributed by atoms with E-state index in [9.17, 15) is 19.2 Å². The molecule has 300 valence electrons. The Labute approximate surface area is 325 Å². The highest BCUT2D eigenvalue weighted by atomic mass is 16.5. The van der Waals surface area contributed by atoms with Crippen LogP contribution in [-0.2, 0) is 41.7 Å². The molecule has 0 saturated carbocycles. The van der Waals surface area contributed by atoms with Gasteiger partial charge in [0.25, 0.3) is 0 Å². The smallest absolute Gasteiger partial charge is 0.407 e. The number of benzene rings is 2. The van der Waals surface area contributed by atoms with Crippen LogP contribution in [0.5, 0.6) is 0 Å². The summed E-state index contributed by atoms with van der Waals surface area (Å²) in [5.74, 6) is -0.159. The molecule has 2 heterocycles. The van der Waals surface area contributed by atoms with Gasteiger partial charge in [-0.1, -0.05) is 68.4 Å². The zero-order valence-electron chi connectivity index (χ0n) is 33.5. The summed E-state index contributed by atoms with van der Waals surface area (Å²) < 4.78 is 17.6. The zero-order valence-corrected chi connectivity index (χ0v) is 33.5. The molecule has 1 atom stereocenters. The van der Waals surface area contributed by atoms with Crippen LogP contribution in [-0.4, -0.2) is 96.9 Å². The Hall–Kier alpha value is -4.66. The summed E-state index contributed by atoms with van der Waals surface area (Å²) in [4.78, 5) is 53.6. The Bertz CT molecular complexity index is 1740. The highest BCUT2D eigenvalue weighted by Gasteiger charge is 2.32. The molecule has 0 bridgehead atoms. The number of hydrogen-bond acceptors (Lipinski definition) is 10. The summed E-state index contributed by atoms with van der Waals surface area (Å²) in [6.07, 6.45) is 1.90. The van der Waals surface area contributed by atoms with E-state index in [1.165, 1.54) is 0 Å². The summed E-state index contributed by atoms with van der Waals surface area (Å²) in [6, 6.07) is 15.1. The monoisotopic (exact) mass is 761 g/mol. The van der Waals surface area contributed by atoms with Gasteiger partial charge in [0, 0.05) is 55.1 Å². The molecular formula is C41H59N7O7. The number of anilines is 1. The molecule has 3 aromatic rings. The van der Waals surface area contributed by atoms with Gasteiger partial charge in [0.1, 0.15) is 12.3 Å². The maximum Gasteiger partial charge on any atom is 0.407 e. The van der Waals surface area contributed by atoms with E-state index in [0.717, 1.165) is 23.1 Å². The second-order valence-electron chi connectivity index (χ2n) is 15.7. The molecule has 4 rings (SSSR count). The summed E-state index contributed by atoms with van der Waals surface area (Å²) in [5.41, 5.74) is 3.92. The standard InChI is InChI=1S/C41H59N7O7/c1-40(2,3)38(51)32(44-41(4,5)6)17-12-13-21-43-39(52)55-25-23-48-37-31-16-10-11-18-33(31)47(28-29-14-8-9-15-30(29)36(37)45-46-48)35(50)19-22-42-34(49)20-24-54-27-26-53-7/h8-11,14-16,18,32,44H,12-13,17,19-28H2,1-7H3,(H,42,49)(H,43,52). The number of hydrogen-bond donors (Lipinski definition) is 3. The number of carbonyl (C=O) groups excluding carboxylic acids is 4. The highest BCUT2D eigenvalue weighted by Crippen LogP contribution is 2.41. The summed E-state index contributed by atoms with van der Waals surface area (Å²) >= 11 is 0. The molecule has 3 N–H and O–H groups in total. The molecule has 0 saturated heterocycles. The highest BCUT2D eigenvalue weighted by molar-refractivity contribution is 6.00. The van der Waals surface area contributed by atoms with Gasteiger partial charge in [-0.05, 0) is 51.7 Å². The van der Waals surface area contributed by atoms with Crippen molar-refractivity contribution < 1.29 is 33.4 Å². The fourth-order valence-electron chi connectivity index (χ4n) is 6.39. The van der Waals surface area contributed by atoms with Crippen LogP contribution in [0.25, 0.3) is 22.5 Å². The van der Waals surface area contributed by atoms with Crippen LogP contribution in [0.1, 0.15) is 79.2 Å². The number of Topliss-reactive ketones (excluding diaryl/α,β-unsaturated/α-hetero) is 1. The van der Waals surface area contributed by atoms with Gasteiger partial charge in [-0.3, -0.25) is 14.4 Å². The maximum atomic E-state index is 13.8. The van der Waals surface area contributed by atoms with Crippen LogP contribution < -0.4 is 20.9 Å². The minimum absolute atomic E-state index is 0.0445. The Balaban J connectivity index is 1.37. The first kappa shape index (κ1) is 43.1.